The molecule has 15 heavy (non-hydrogen) atoms. The third kappa shape index (κ3) is 1.85. The monoisotopic (exact) mass is 224 g/mol. The number of hydrogen-bond acceptors (Lipinski definition) is 5. The molecule has 0 saturated carbocycles. The number of hydrogen-bond donors (Lipinski definition) is 1. The van der Waals surface area contributed by atoms with Crippen LogP contribution >= 0.6 is 11.8 Å². The van der Waals surface area contributed by atoms with Gasteiger partial charge in [0.2, 0.25) is 0 Å². The molecule has 0 aromatic carbocycles. The Labute approximate surface area is 91.7 Å². The second-order valence-corrected chi connectivity index (χ2v) is 3.98. The van der Waals surface area contributed by atoms with E-state index in [2.05, 4.69) is 10.1 Å². The Kier molecular flexibility index (Phi) is 2.68. The van der Waals surface area contributed by atoms with E-state index in [4.69, 9.17) is 10.2 Å². The predicted octanol–water partition coefficient (Wildman–Crippen LogP) is 1.70. The van der Waals surface area contributed by atoms with E-state index in [9.17, 15) is 0 Å². The number of aromatic nitrogens is 3. The summed E-state index contributed by atoms with van der Waals surface area (Å²) < 4.78 is 6.90. The van der Waals surface area contributed by atoms with Gasteiger partial charge in [-0.2, -0.15) is 5.10 Å². The molecule has 2 rings (SSSR count). The second-order valence-electron chi connectivity index (χ2n) is 3.04. The van der Waals surface area contributed by atoms with E-state index in [1.165, 1.54) is 18.0 Å². The molecule has 80 valence electrons. The molecule has 2 aromatic heterocycles. The third-order valence-electron chi connectivity index (χ3n) is 2.03. The van der Waals surface area contributed by atoms with Crippen LogP contribution in [0.15, 0.2) is 27.1 Å². The number of aryl methyl sites for hydroxylation is 2. The lowest BCUT2D eigenvalue weighted by atomic mass is 10.3. The number of nitrogens with two attached hydrogens (primary N) is 1. The summed E-state index contributed by atoms with van der Waals surface area (Å²) in [5.74, 6) is 0. The van der Waals surface area contributed by atoms with Crippen LogP contribution in [0.4, 0.5) is 5.69 Å². The van der Waals surface area contributed by atoms with Crippen LogP contribution in [-0.4, -0.2) is 14.8 Å². The summed E-state index contributed by atoms with van der Waals surface area (Å²) in [6, 6.07) is 0. The molecule has 0 atom stereocenters. The molecule has 0 aliphatic rings. The van der Waals surface area contributed by atoms with Gasteiger partial charge in [-0.25, -0.2) is 4.98 Å². The summed E-state index contributed by atoms with van der Waals surface area (Å²) in [4.78, 5) is 4.03. The van der Waals surface area contributed by atoms with Gasteiger partial charge in [-0.3, -0.25) is 4.68 Å². The molecule has 0 aliphatic carbocycles. The normalized spacial score (nSPS) is 10.8. The fraction of sp³-hybridized carbons (Fsp3) is 0.333. The average Bonchev–Trinajstić information content (AvgIpc) is 2.81. The zero-order valence-corrected chi connectivity index (χ0v) is 9.41. The summed E-state index contributed by atoms with van der Waals surface area (Å²) in [5.41, 5.74) is 7.58. The van der Waals surface area contributed by atoms with Gasteiger partial charge in [-0.05, 0) is 18.2 Å². The van der Waals surface area contributed by atoms with E-state index in [-0.39, 0.29) is 0 Å². The summed E-state index contributed by atoms with van der Waals surface area (Å²) in [6.07, 6.45) is 3.97. The van der Waals surface area contributed by atoms with E-state index in [1.807, 2.05) is 14.0 Å². The highest BCUT2D eigenvalue weighted by atomic mass is 32.2. The van der Waals surface area contributed by atoms with E-state index in [1.54, 1.807) is 10.9 Å². The average molecular weight is 224 g/mol. The first-order chi connectivity index (χ1) is 7.22. The van der Waals surface area contributed by atoms with Crippen LogP contribution < -0.4 is 5.73 Å². The quantitative estimate of drug-likeness (QED) is 0.859. The Bertz CT molecular complexity index is 449. The minimum absolute atomic E-state index is 0.576. The molecule has 0 unspecified atom stereocenters. The van der Waals surface area contributed by atoms with Crippen molar-refractivity contribution < 1.29 is 4.42 Å². The highest BCUT2D eigenvalue weighted by Crippen LogP contribution is 2.32. The van der Waals surface area contributed by atoms with E-state index in [0.29, 0.717) is 10.9 Å². The minimum Gasteiger partial charge on any atom is -0.440 e. The van der Waals surface area contributed by atoms with Crippen LogP contribution in [0.1, 0.15) is 12.6 Å². The highest BCUT2D eigenvalue weighted by Gasteiger charge is 2.14. The Morgan fingerprint density at radius 2 is 2.40 bits per heavy atom. The standard InChI is InChI=1S/C9H12N4OS/c1-3-6-7(10)8(13(2)12-6)15-9-11-4-5-14-9/h4-5H,3,10H2,1-2H3. The molecule has 6 heteroatoms. The summed E-state index contributed by atoms with van der Waals surface area (Å²) >= 11 is 1.38. The van der Waals surface area contributed by atoms with Gasteiger partial charge in [0, 0.05) is 7.05 Å². The van der Waals surface area contributed by atoms with Gasteiger partial charge in [0.15, 0.2) is 0 Å². The second kappa shape index (κ2) is 3.98. The summed E-state index contributed by atoms with van der Waals surface area (Å²) in [5, 5.41) is 5.76. The van der Waals surface area contributed by atoms with Crippen LogP contribution in [0.3, 0.4) is 0 Å². The molecule has 0 bridgehead atoms. The lowest BCUT2D eigenvalue weighted by Crippen LogP contribution is -1.93. The van der Waals surface area contributed by atoms with Crippen LogP contribution in [0.25, 0.3) is 0 Å². The molecule has 5 nitrogen and oxygen atoms in total. The SMILES string of the molecule is CCc1nn(C)c(Sc2ncco2)c1N. The smallest absolute Gasteiger partial charge is 0.262 e. The lowest BCUT2D eigenvalue weighted by molar-refractivity contribution is 0.453. The molecule has 0 spiro atoms. The third-order valence-corrected chi connectivity index (χ3v) is 3.09. The molecular weight excluding hydrogens is 212 g/mol. The van der Waals surface area contributed by atoms with Crippen molar-refractivity contribution in [2.24, 2.45) is 7.05 Å². The van der Waals surface area contributed by atoms with Crippen molar-refractivity contribution >= 4 is 17.4 Å². The summed E-state index contributed by atoms with van der Waals surface area (Å²) in [7, 11) is 1.86. The zero-order chi connectivity index (χ0) is 10.8. The van der Waals surface area contributed by atoms with Crippen molar-refractivity contribution in [1.29, 1.82) is 0 Å². The molecule has 0 amide bonds. The van der Waals surface area contributed by atoms with E-state index in [0.717, 1.165) is 17.1 Å². The van der Waals surface area contributed by atoms with Crippen LogP contribution in [0, 0.1) is 0 Å². The van der Waals surface area contributed by atoms with Crippen LogP contribution in [0.2, 0.25) is 0 Å². The van der Waals surface area contributed by atoms with Gasteiger partial charge in [0.05, 0.1) is 17.6 Å². The zero-order valence-electron chi connectivity index (χ0n) is 8.60. The topological polar surface area (TPSA) is 69.9 Å². The number of oxazole rings is 1. The van der Waals surface area contributed by atoms with Gasteiger partial charge in [0.1, 0.15) is 11.3 Å². The predicted molar refractivity (Wildman–Crippen MR) is 57.6 cm³/mol. The Hall–Kier alpha value is -1.43. The first-order valence-electron chi connectivity index (χ1n) is 4.61. The van der Waals surface area contributed by atoms with Gasteiger partial charge >= 0.3 is 0 Å². The molecule has 2 aromatic rings. The van der Waals surface area contributed by atoms with Gasteiger partial charge in [0.25, 0.3) is 5.22 Å². The first-order valence-corrected chi connectivity index (χ1v) is 5.42. The first kappa shape index (κ1) is 10.1. The number of nitrogens with zero attached hydrogens (tertiary/aromatic N) is 3. The fourth-order valence-corrected chi connectivity index (χ4v) is 2.09. The number of anilines is 1. The van der Waals surface area contributed by atoms with Crippen molar-refractivity contribution in [2.45, 2.75) is 23.6 Å². The van der Waals surface area contributed by atoms with Crippen molar-refractivity contribution in [3.8, 4) is 0 Å². The molecular formula is C9H12N4OS. The summed E-state index contributed by atoms with van der Waals surface area (Å²) in [6.45, 7) is 2.03. The van der Waals surface area contributed by atoms with Crippen molar-refractivity contribution in [1.82, 2.24) is 14.8 Å². The van der Waals surface area contributed by atoms with Gasteiger partial charge < -0.3 is 10.2 Å². The number of nitrogen functional groups attached to an aromatic ring is 1. The molecule has 2 N–H and O–H groups in total. The lowest BCUT2D eigenvalue weighted by Gasteiger charge is -1.98. The number of rotatable bonds is 3. The highest BCUT2D eigenvalue weighted by molar-refractivity contribution is 7.99. The molecule has 0 fully saturated rings. The van der Waals surface area contributed by atoms with Crippen LogP contribution in [0.5, 0.6) is 0 Å². The van der Waals surface area contributed by atoms with E-state index < -0.39 is 0 Å². The fourth-order valence-electron chi connectivity index (χ4n) is 1.30. The maximum absolute atomic E-state index is 5.96. The molecule has 0 saturated heterocycles. The minimum atomic E-state index is 0.576. The molecule has 0 aliphatic heterocycles. The Morgan fingerprint density at radius 1 is 1.60 bits per heavy atom. The van der Waals surface area contributed by atoms with Gasteiger partial charge in [-0.1, -0.05) is 6.92 Å². The maximum Gasteiger partial charge on any atom is 0.262 e. The van der Waals surface area contributed by atoms with Gasteiger partial charge in [-0.15, -0.1) is 0 Å². The molecule has 2 heterocycles. The molecule has 0 radical (unpaired) electrons. The van der Waals surface area contributed by atoms with Crippen molar-refractivity contribution in [3.63, 3.8) is 0 Å². The van der Waals surface area contributed by atoms with Crippen molar-refractivity contribution in [3.05, 3.63) is 18.2 Å². The Balaban J connectivity index is 2.32. The van der Waals surface area contributed by atoms with Crippen LogP contribution in [-0.2, 0) is 13.5 Å². The van der Waals surface area contributed by atoms with Crippen molar-refractivity contribution in [2.75, 3.05) is 5.73 Å². The maximum atomic E-state index is 5.96. The Morgan fingerprint density at radius 3 is 2.93 bits per heavy atom. The van der Waals surface area contributed by atoms with E-state index >= 15 is 0 Å². The largest absolute Gasteiger partial charge is 0.440 e.